The van der Waals surface area contributed by atoms with Crippen LogP contribution in [-0.2, 0) is 4.74 Å². The Labute approximate surface area is 111 Å². The number of hydrogen-bond donors (Lipinski definition) is 1. The van der Waals surface area contributed by atoms with E-state index in [1.54, 1.807) is 20.8 Å². The average Bonchev–Trinajstić information content (AvgIpc) is 2.31. The zero-order chi connectivity index (χ0) is 14.6. The first kappa shape index (κ1) is 15.2. The van der Waals surface area contributed by atoms with Crippen molar-refractivity contribution in [2.24, 2.45) is 0 Å². The average molecular weight is 265 g/mol. The Morgan fingerprint density at radius 2 is 1.79 bits per heavy atom. The van der Waals surface area contributed by atoms with Gasteiger partial charge in [-0.2, -0.15) is 0 Å². The number of aromatic carboxylic acids is 1. The fraction of sp³-hybridized carbons (Fsp3) is 0.429. The molecule has 1 rings (SSSR count). The largest absolute Gasteiger partial charge is 0.545 e. The quantitative estimate of drug-likeness (QED) is 0.787. The van der Waals surface area contributed by atoms with Gasteiger partial charge in [-0.15, -0.1) is 0 Å². The van der Waals surface area contributed by atoms with Crippen LogP contribution in [0, 0.1) is 13.8 Å². The Morgan fingerprint density at radius 1 is 1.26 bits per heavy atom. The molecule has 0 radical (unpaired) electrons. The lowest BCUT2D eigenvalue weighted by molar-refractivity contribution is -0.255. The number of aliphatic hydroxyl groups is 1. The van der Waals surface area contributed by atoms with Crippen LogP contribution in [0.3, 0.4) is 0 Å². The molecule has 0 amide bonds. The smallest absolute Gasteiger partial charge is 0.338 e. The zero-order valence-electron chi connectivity index (χ0n) is 11.2. The Bertz CT molecular complexity index is 491. The number of ether oxygens (including phenoxy) is 1. The highest BCUT2D eigenvalue weighted by Gasteiger charge is 2.14. The van der Waals surface area contributed by atoms with Crippen LogP contribution in [0.5, 0.6) is 0 Å². The summed E-state index contributed by atoms with van der Waals surface area (Å²) in [4.78, 5) is 22.7. The van der Waals surface area contributed by atoms with Crippen LogP contribution in [0.4, 0.5) is 0 Å². The number of benzene rings is 1. The Kier molecular flexibility index (Phi) is 5.06. The van der Waals surface area contributed by atoms with E-state index >= 15 is 0 Å². The third-order valence-electron chi connectivity index (χ3n) is 3.00. The van der Waals surface area contributed by atoms with Crippen molar-refractivity contribution in [2.75, 3.05) is 6.61 Å². The third kappa shape index (κ3) is 3.79. The SMILES string of the molecule is Cc1c(C(=O)[O-])ccc(C(=O)OCCC(C)O)c1C. The summed E-state index contributed by atoms with van der Waals surface area (Å²) in [7, 11) is 0. The third-order valence-corrected chi connectivity index (χ3v) is 3.00. The van der Waals surface area contributed by atoms with Gasteiger partial charge in [0.2, 0.25) is 0 Å². The first-order chi connectivity index (χ1) is 8.84. The molecule has 0 aliphatic heterocycles. The maximum Gasteiger partial charge on any atom is 0.338 e. The van der Waals surface area contributed by atoms with Gasteiger partial charge in [0.15, 0.2) is 0 Å². The Morgan fingerprint density at radius 3 is 2.32 bits per heavy atom. The van der Waals surface area contributed by atoms with E-state index in [9.17, 15) is 14.7 Å². The standard InChI is InChI=1S/C14H18O5/c1-8(15)6-7-19-14(18)12-5-4-11(13(16)17)9(2)10(12)3/h4-5,8,15H,6-7H2,1-3H3,(H,16,17)/p-1. The van der Waals surface area contributed by atoms with Crippen LogP contribution in [0.25, 0.3) is 0 Å². The van der Waals surface area contributed by atoms with Gasteiger partial charge in [0.05, 0.1) is 24.2 Å². The summed E-state index contributed by atoms with van der Waals surface area (Å²) >= 11 is 0. The van der Waals surface area contributed by atoms with Gasteiger partial charge >= 0.3 is 5.97 Å². The van der Waals surface area contributed by atoms with E-state index < -0.39 is 18.0 Å². The van der Waals surface area contributed by atoms with Crippen molar-refractivity contribution in [1.82, 2.24) is 0 Å². The van der Waals surface area contributed by atoms with Crippen molar-refractivity contribution in [3.05, 3.63) is 34.4 Å². The Balaban J connectivity index is 2.87. The molecule has 19 heavy (non-hydrogen) atoms. The predicted molar refractivity (Wildman–Crippen MR) is 66.8 cm³/mol. The first-order valence-electron chi connectivity index (χ1n) is 6.01. The lowest BCUT2D eigenvalue weighted by atomic mass is 9.98. The molecule has 0 bridgehead atoms. The normalized spacial score (nSPS) is 12.0. The summed E-state index contributed by atoms with van der Waals surface area (Å²) in [5.41, 5.74) is 1.44. The van der Waals surface area contributed by atoms with E-state index in [2.05, 4.69) is 0 Å². The van der Waals surface area contributed by atoms with Gasteiger partial charge in [0, 0.05) is 12.0 Å². The van der Waals surface area contributed by atoms with E-state index in [1.807, 2.05) is 0 Å². The highest BCUT2D eigenvalue weighted by atomic mass is 16.5. The molecule has 0 saturated heterocycles. The van der Waals surface area contributed by atoms with Crippen LogP contribution in [0.15, 0.2) is 12.1 Å². The first-order valence-corrected chi connectivity index (χ1v) is 6.01. The summed E-state index contributed by atoms with van der Waals surface area (Å²) in [6, 6.07) is 2.75. The number of aliphatic hydroxyl groups excluding tert-OH is 1. The van der Waals surface area contributed by atoms with Gasteiger partial charge in [-0.1, -0.05) is 6.07 Å². The van der Waals surface area contributed by atoms with E-state index in [0.29, 0.717) is 23.1 Å². The second kappa shape index (κ2) is 6.33. The maximum absolute atomic E-state index is 11.8. The summed E-state index contributed by atoms with van der Waals surface area (Å²) in [6.45, 7) is 5.01. The van der Waals surface area contributed by atoms with Crippen LogP contribution in [-0.4, -0.2) is 29.8 Å². The highest BCUT2D eigenvalue weighted by molar-refractivity contribution is 5.95. The van der Waals surface area contributed by atoms with E-state index in [1.165, 1.54) is 12.1 Å². The summed E-state index contributed by atoms with van der Waals surface area (Å²) in [6.07, 6.45) is -0.169. The molecule has 1 aromatic rings. The van der Waals surface area contributed by atoms with Gasteiger partial charge in [0.1, 0.15) is 0 Å². The second-order valence-electron chi connectivity index (χ2n) is 4.47. The van der Waals surface area contributed by atoms with Crippen LogP contribution >= 0.6 is 0 Å². The molecule has 5 heteroatoms. The number of hydrogen-bond acceptors (Lipinski definition) is 5. The number of carboxylic acid groups (broad SMARTS) is 1. The molecular formula is C14H17O5-. The van der Waals surface area contributed by atoms with Crippen LogP contribution in [0.1, 0.15) is 45.2 Å². The number of carbonyl (C=O) groups excluding carboxylic acids is 2. The minimum Gasteiger partial charge on any atom is -0.545 e. The lowest BCUT2D eigenvalue weighted by Gasteiger charge is -2.13. The minimum absolute atomic E-state index is 0.0676. The molecule has 0 saturated carbocycles. The highest BCUT2D eigenvalue weighted by Crippen LogP contribution is 2.18. The monoisotopic (exact) mass is 265 g/mol. The molecule has 0 aliphatic carbocycles. The second-order valence-corrected chi connectivity index (χ2v) is 4.47. The zero-order valence-corrected chi connectivity index (χ0v) is 11.2. The molecule has 1 N–H and O–H groups in total. The molecule has 104 valence electrons. The van der Waals surface area contributed by atoms with E-state index in [-0.39, 0.29) is 12.2 Å². The van der Waals surface area contributed by atoms with E-state index in [4.69, 9.17) is 9.84 Å². The molecule has 5 nitrogen and oxygen atoms in total. The van der Waals surface area contributed by atoms with Crippen molar-refractivity contribution < 1.29 is 24.5 Å². The molecule has 0 aliphatic rings. The summed E-state index contributed by atoms with van der Waals surface area (Å²) in [5.74, 6) is -1.79. The summed E-state index contributed by atoms with van der Waals surface area (Å²) < 4.78 is 5.01. The van der Waals surface area contributed by atoms with Crippen molar-refractivity contribution in [3.8, 4) is 0 Å². The van der Waals surface area contributed by atoms with Gasteiger partial charge in [0.25, 0.3) is 0 Å². The Hall–Kier alpha value is -1.88. The molecule has 0 fully saturated rings. The number of esters is 1. The van der Waals surface area contributed by atoms with Crippen molar-refractivity contribution in [2.45, 2.75) is 33.3 Å². The fourth-order valence-electron chi connectivity index (χ4n) is 1.66. The van der Waals surface area contributed by atoms with Gasteiger partial charge < -0.3 is 19.7 Å². The lowest BCUT2D eigenvalue weighted by Crippen LogP contribution is -2.24. The van der Waals surface area contributed by atoms with Gasteiger partial charge in [-0.05, 0) is 38.0 Å². The molecule has 1 aromatic carbocycles. The minimum atomic E-state index is -1.27. The van der Waals surface area contributed by atoms with Crippen LogP contribution < -0.4 is 5.11 Å². The topological polar surface area (TPSA) is 86.7 Å². The van der Waals surface area contributed by atoms with Crippen molar-refractivity contribution in [3.63, 3.8) is 0 Å². The molecule has 1 unspecified atom stereocenters. The molecule has 0 aromatic heterocycles. The molecule has 0 heterocycles. The van der Waals surface area contributed by atoms with Crippen molar-refractivity contribution >= 4 is 11.9 Å². The van der Waals surface area contributed by atoms with E-state index in [0.717, 1.165) is 0 Å². The maximum atomic E-state index is 11.8. The van der Waals surface area contributed by atoms with Gasteiger partial charge in [-0.25, -0.2) is 4.79 Å². The fourth-order valence-corrected chi connectivity index (χ4v) is 1.66. The summed E-state index contributed by atoms with van der Waals surface area (Å²) in [5, 5.41) is 19.9. The molecule has 1 atom stereocenters. The van der Waals surface area contributed by atoms with Crippen molar-refractivity contribution in [1.29, 1.82) is 0 Å². The number of rotatable bonds is 5. The number of carbonyl (C=O) groups is 2. The van der Waals surface area contributed by atoms with Gasteiger partial charge in [-0.3, -0.25) is 0 Å². The predicted octanol–water partition coefficient (Wildman–Crippen LogP) is 0.595. The van der Waals surface area contributed by atoms with Crippen LogP contribution in [0.2, 0.25) is 0 Å². The molecular weight excluding hydrogens is 248 g/mol. The molecule has 0 spiro atoms. The number of carboxylic acids is 1.